The number of rotatable bonds is 3. The van der Waals surface area contributed by atoms with Gasteiger partial charge in [0.1, 0.15) is 5.69 Å². The van der Waals surface area contributed by atoms with E-state index in [-0.39, 0.29) is 5.78 Å². The molecule has 0 aliphatic heterocycles. The molecule has 0 unspecified atom stereocenters. The van der Waals surface area contributed by atoms with Crippen LogP contribution in [0.3, 0.4) is 0 Å². The van der Waals surface area contributed by atoms with Crippen molar-refractivity contribution in [1.29, 1.82) is 0 Å². The van der Waals surface area contributed by atoms with Crippen LogP contribution in [0.5, 0.6) is 0 Å². The lowest BCUT2D eigenvalue weighted by atomic mass is 10.1. The van der Waals surface area contributed by atoms with Gasteiger partial charge in [0.15, 0.2) is 5.78 Å². The zero-order valence-electron chi connectivity index (χ0n) is 8.11. The highest BCUT2D eigenvalue weighted by molar-refractivity contribution is 7.14. The predicted octanol–water partition coefficient (Wildman–Crippen LogP) is 2.56. The van der Waals surface area contributed by atoms with Gasteiger partial charge in [0.2, 0.25) is 0 Å². The predicted molar refractivity (Wildman–Crippen MR) is 60.6 cm³/mol. The smallest absolute Gasteiger partial charge is 0.187 e. The second-order valence-corrected chi connectivity index (χ2v) is 4.71. The summed E-state index contributed by atoms with van der Waals surface area (Å²) >= 11 is 7.35. The molecule has 0 atom stereocenters. The van der Waals surface area contributed by atoms with Crippen LogP contribution in [0.15, 0.2) is 23.7 Å². The maximum absolute atomic E-state index is 11.7. The molecule has 0 N–H and O–H groups in total. The molecule has 0 aliphatic rings. The maximum atomic E-state index is 11.7. The summed E-state index contributed by atoms with van der Waals surface area (Å²) in [5, 5.41) is 5.93. The highest BCUT2D eigenvalue weighted by Crippen LogP contribution is 2.23. The fourth-order valence-corrected chi connectivity index (χ4v) is 2.20. The molecule has 2 rings (SSSR count). The lowest BCUT2D eigenvalue weighted by Gasteiger charge is -1.95. The first kappa shape index (κ1) is 10.4. The van der Waals surface area contributed by atoms with E-state index in [0.29, 0.717) is 16.5 Å². The molecule has 0 fully saturated rings. The van der Waals surface area contributed by atoms with Gasteiger partial charge in [0.25, 0.3) is 0 Å². The summed E-state index contributed by atoms with van der Waals surface area (Å²) < 4.78 is 2.29. The van der Waals surface area contributed by atoms with Gasteiger partial charge in [0.05, 0.1) is 4.34 Å². The molecular weight excluding hydrogens is 232 g/mol. The third kappa shape index (κ3) is 2.27. The second-order valence-electron chi connectivity index (χ2n) is 3.19. The SMILES string of the molecule is Cn1ccc(C(=O)Cc2ccsc2Cl)n1. The topological polar surface area (TPSA) is 34.9 Å². The van der Waals surface area contributed by atoms with E-state index in [0.717, 1.165) is 5.56 Å². The molecule has 5 heteroatoms. The Bertz CT molecular complexity index is 489. The van der Waals surface area contributed by atoms with Crippen molar-refractivity contribution < 1.29 is 4.79 Å². The highest BCUT2D eigenvalue weighted by atomic mass is 35.5. The van der Waals surface area contributed by atoms with E-state index in [1.165, 1.54) is 11.3 Å². The van der Waals surface area contributed by atoms with Crippen molar-refractivity contribution in [3.05, 3.63) is 39.3 Å². The van der Waals surface area contributed by atoms with Crippen molar-refractivity contribution in [3.8, 4) is 0 Å². The lowest BCUT2D eigenvalue weighted by molar-refractivity contribution is 0.0987. The van der Waals surface area contributed by atoms with Crippen molar-refractivity contribution in [3.63, 3.8) is 0 Å². The van der Waals surface area contributed by atoms with Crippen LogP contribution in [0.2, 0.25) is 4.34 Å². The molecule has 0 saturated carbocycles. The average molecular weight is 241 g/mol. The van der Waals surface area contributed by atoms with Crippen LogP contribution in [0, 0.1) is 0 Å². The van der Waals surface area contributed by atoms with E-state index in [1.807, 2.05) is 11.4 Å². The van der Waals surface area contributed by atoms with E-state index in [9.17, 15) is 4.79 Å². The zero-order chi connectivity index (χ0) is 10.8. The summed E-state index contributed by atoms with van der Waals surface area (Å²) in [6, 6.07) is 3.58. The third-order valence-corrected chi connectivity index (χ3v) is 3.29. The maximum Gasteiger partial charge on any atom is 0.187 e. The van der Waals surface area contributed by atoms with E-state index in [1.54, 1.807) is 24.0 Å². The summed E-state index contributed by atoms with van der Waals surface area (Å²) in [6.45, 7) is 0. The number of halogens is 1. The Morgan fingerprint density at radius 1 is 1.60 bits per heavy atom. The Morgan fingerprint density at radius 2 is 2.40 bits per heavy atom. The van der Waals surface area contributed by atoms with Crippen molar-refractivity contribution in [2.24, 2.45) is 7.05 Å². The minimum Gasteiger partial charge on any atom is -0.292 e. The third-order valence-electron chi connectivity index (χ3n) is 2.04. The monoisotopic (exact) mass is 240 g/mol. The summed E-state index contributed by atoms with van der Waals surface area (Å²) in [5.41, 5.74) is 1.36. The number of nitrogens with zero attached hydrogens (tertiary/aromatic N) is 2. The Labute approximate surface area is 96.3 Å². The van der Waals surface area contributed by atoms with Crippen LogP contribution in [0.4, 0.5) is 0 Å². The van der Waals surface area contributed by atoms with Gasteiger partial charge in [-0.1, -0.05) is 11.6 Å². The first-order valence-corrected chi connectivity index (χ1v) is 5.67. The Kier molecular flexibility index (Phi) is 2.88. The Hall–Kier alpha value is -1.13. The highest BCUT2D eigenvalue weighted by Gasteiger charge is 2.12. The van der Waals surface area contributed by atoms with Gasteiger partial charge < -0.3 is 0 Å². The summed E-state index contributed by atoms with van der Waals surface area (Å²) in [4.78, 5) is 11.7. The van der Waals surface area contributed by atoms with Crippen LogP contribution < -0.4 is 0 Å². The minimum absolute atomic E-state index is 0.00380. The lowest BCUT2D eigenvalue weighted by Crippen LogP contribution is -2.04. The normalized spacial score (nSPS) is 10.5. The molecule has 15 heavy (non-hydrogen) atoms. The van der Waals surface area contributed by atoms with Crippen LogP contribution in [-0.2, 0) is 13.5 Å². The number of hydrogen-bond acceptors (Lipinski definition) is 3. The van der Waals surface area contributed by atoms with Gasteiger partial charge in [-0.05, 0) is 23.1 Å². The first-order valence-electron chi connectivity index (χ1n) is 4.41. The molecule has 0 saturated heterocycles. The van der Waals surface area contributed by atoms with Gasteiger partial charge in [-0.25, -0.2) is 0 Å². The van der Waals surface area contributed by atoms with Crippen LogP contribution in [0.25, 0.3) is 0 Å². The molecular formula is C10H9ClN2OS. The van der Waals surface area contributed by atoms with E-state index >= 15 is 0 Å². The number of Topliss-reactive ketones (excluding diaryl/α,β-unsaturated/α-hetero) is 1. The number of ketones is 1. The molecule has 78 valence electrons. The van der Waals surface area contributed by atoms with Crippen molar-refractivity contribution >= 4 is 28.7 Å². The van der Waals surface area contributed by atoms with Crippen molar-refractivity contribution in [2.75, 3.05) is 0 Å². The molecule has 0 aliphatic carbocycles. The first-order chi connectivity index (χ1) is 7.16. The summed E-state index contributed by atoms with van der Waals surface area (Å²) in [7, 11) is 1.79. The largest absolute Gasteiger partial charge is 0.292 e. The number of aromatic nitrogens is 2. The Morgan fingerprint density at radius 3 is 2.93 bits per heavy atom. The van der Waals surface area contributed by atoms with E-state index in [4.69, 9.17) is 11.6 Å². The standard InChI is InChI=1S/C10H9ClN2OS/c1-13-4-2-8(12-13)9(14)6-7-3-5-15-10(7)11/h2-5H,6H2,1H3. The van der Waals surface area contributed by atoms with Gasteiger partial charge in [-0.2, -0.15) is 5.10 Å². The molecule has 2 aromatic rings. The minimum atomic E-state index is -0.00380. The molecule has 0 aromatic carbocycles. The number of carbonyl (C=O) groups is 1. The van der Waals surface area contributed by atoms with Crippen molar-refractivity contribution in [2.45, 2.75) is 6.42 Å². The fraction of sp³-hybridized carbons (Fsp3) is 0.200. The number of thiophene rings is 1. The molecule has 0 bridgehead atoms. The average Bonchev–Trinajstić information content (AvgIpc) is 2.77. The van der Waals surface area contributed by atoms with E-state index < -0.39 is 0 Å². The quantitative estimate of drug-likeness (QED) is 0.773. The molecule has 0 amide bonds. The van der Waals surface area contributed by atoms with Crippen molar-refractivity contribution in [1.82, 2.24) is 9.78 Å². The zero-order valence-corrected chi connectivity index (χ0v) is 9.68. The number of hydrogen-bond donors (Lipinski definition) is 0. The number of aryl methyl sites for hydroxylation is 1. The molecule has 0 spiro atoms. The van der Waals surface area contributed by atoms with Crippen LogP contribution >= 0.6 is 22.9 Å². The fourth-order valence-electron chi connectivity index (χ4n) is 1.27. The van der Waals surface area contributed by atoms with Gasteiger partial charge in [-0.15, -0.1) is 11.3 Å². The Balaban J connectivity index is 2.14. The van der Waals surface area contributed by atoms with Gasteiger partial charge in [0, 0.05) is 19.7 Å². The van der Waals surface area contributed by atoms with Crippen LogP contribution in [0.1, 0.15) is 16.1 Å². The molecule has 2 aromatic heterocycles. The van der Waals surface area contributed by atoms with Gasteiger partial charge >= 0.3 is 0 Å². The van der Waals surface area contributed by atoms with Crippen LogP contribution in [-0.4, -0.2) is 15.6 Å². The van der Waals surface area contributed by atoms with E-state index in [2.05, 4.69) is 5.10 Å². The summed E-state index contributed by atoms with van der Waals surface area (Å²) in [5.74, 6) is -0.00380. The second kappa shape index (κ2) is 4.16. The summed E-state index contributed by atoms with van der Waals surface area (Å²) in [6.07, 6.45) is 2.07. The molecule has 3 nitrogen and oxygen atoms in total. The molecule has 2 heterocycles. The number of carbonyl (C=O) groups excluding carboxylic acids is 1. The molecule has 0 radical (unpaired) electrons. The van der Waals surface area contributed by atoms with Gasteiger partial charge in [-0.3, -0.25) is 9.48 Å².